The number of carbonyl (C=O) groups excluding carboxylic acids is 1. The molecular formula is C17H20N4O3. The van der Waals surface area contributed by atoms with Crippen molar-refractivity contribution < 1.29 is 14.2 Å². The van der Waals surface area contributed by atoms with Gasteiger partial charge in [-0.2, -0.15) is 4.98 Å². The molecule has 1 saturated heterocycles. The molecule has 7 heteroatoms. The van der Waals surface area contributed by atoms with Crippen molar-refractivity contribution in [3.63, 3.8) is 0 Å². The zero-order chi connectivity index (χ0) is 16.9. The Morgan fingerprint density at radius 2 is 2.17 bits per heavy atom. The van der Waals surface area contributed by atoms with Gasteiger partial charge in [0.2, 0.25) is 17.6 Å². The van der Waals surface area contributed by atoms with Crippen LogP contribution in [0.4, 0.5) is 0 Å². The van der Waals surface area contributed by atoms with Crippen LogP contribution >= 0.6 is 0 Å². The fourth-order valence-corrected chi connectivity index (χ4v) is 2.56. The minimum Gasteiger partial charge on any atom is -0.396 e. The van der Waals surface area contributed by atoms with Crippen LogP contribution in [0.15, 0.2) is 33.9 Å². The van der Waals surface area contributed by atoms with Gasteiger partial charge in [0.25, 0.3) is 0 Å². The van der Waals surface area contributed by atoms with Crippen LogP contribution in [0.5, 0.6) is 0 Å². The second kappa shape index (κ2) is 7.25. The second-order valence-corrected chi connectivity index (χ2v) is 5.65. The average molecular weight is 328 g/mol. The molecule has 3 rings (SSSR count). The van der Waals surface area contributed by atoms with Crippen LogP contribution in [0.1, 0.15) is 24.8 Å². The molecule has 0 N–H and O–H groups in total. The molecular weight excluding hydrogens is 308 g/mol. The Labute approximate surface area is 140 Å². The van der Waals surface area contributed by atoms with Crippen LogP contribution in [0.25, 0.3) is 11.4 Å². The number of carbonyl (C=O) groups is 1. The van der Waals surface area contributed by atoms with E-state index in [0.29, 0.717) is 37.8 Å². The molecule has 126 valence electrons. The van der Waals surface area contributed by atoms with Crippen LogP contribution in [0, 0.1) is 6.92 Å². The van der Waals surface area contributed by atoms with Gasteiger partial charge in [0.1, 0.15) is 6.61 Å². The number of aromatic nitrogens is 2. The number of amides is 1. The topological polar surface area (TPSA) is 80.8 Å². The van der Waals surface area contributed by atoms with Crippen molar-refractivity contribution in [2.75, 3.05) is 19.7 Å². The maximum atomic E-state index is 12.4. The van der Waals surface area contributed by atoms with Gasteiger partial charge in [-0.15, -0.1) is 0 Å². The van der Waals surface area contributed by atoms with E-state index in [1.54, 1.807) is 6.92 Å². The lowest BCUT2D eigenvalue weighted by atomic mass is 10.1. The second-order valence-electron chi connectivity index (χ2n) is 5.65. The molecule has 1 aromatic heterocycles. The van der Waals surface area contributed by atoms with Gasteiger partial charge in [0.05, 0.1) is 18.7 Å². The van der Waals surface area contributed by atoms with Gasteiger partial charge in [-0.05, 0) is 12.5 Å². The molecule has 1 aliphatic heterocycles. The first-order chi connectivity index (χ1) is 11.7. The Balaban J connectivity index is 1.59. The molecule has 24 heavy (non-hydrogen) atoms. The number of oxime groups is 1. The lowest BCUT2D eigenvalue weighted by Crippen LogP contribution is -2.30. The normalized spacial score (nSPS) is 15.9. The van der Waals surface area contributed by atoms with Crippen molar-refractivity contribution in [3.05, 3.63) is 35.7 Å². The smallest absolute Gasteiger partial charge is 0.227 e. The molecule has 0 bridgehead atoms. The molecule has 0 radical (unpaired) electrons. The highest BCUT2D eigenvalue weighted by atomic mass is 16.6. The molecule has 1 aliphatic rings. The molecule has 0 unspecified atom stereocenters. The largest absolute Gasteiger partial charge is 0.396 e. The Kier molecular flexibility index (Phi) is 4.88. The van der Waals surface area contributed by atoms with E-state index in [4.69, 9.17) is 9.36 Å². The third-order valence-corrected chi connectivity index (χ3v) is 3.81. The van der Waals surface area contributed by atoms with E-state index in [2.05, 4.69) is 15.3 Å². The minimum absolute atomic E-state index is 0.0971. The zero-order valence-electron chi connectivity index (χ0n) is 13.9. The van der Waals surface area contributed by atoms with Crippen LogP contribution in [0.2, 0.25) is 0 Å². The van der Waals surface area contributed by atoms with Crippen molar-refractivity contribution in [2.24, 2.45) is 5.16 Å². The standard InChI is InChI=1S/C17H20N4O3/c1-3-23-19-15-8-9-21(11-15)16(22)10-13-4-6-14(7-5-13)17-18-12(2)24-20-17/h4-7H,3,8-11H2,1-2H3. The number of likely N-dealkylation sites (tertiary alicyclic amines) is 1. The maximum absolute atomic E-state index is 12.4. The third kappa shape index (κ3) is 3.79. The Morgan fingerprint density at radius 1 is 1.38 bits per heavy atom. The van der Waals surface area contributed by atoms with Crippen LogP contribution < -0.4 is 0 Å². The number of hydrogen-bond acceptors (Lipinski definition) is 6. The summed E-state index contributed by atoms with van der Waals surface area (Å²) in [6.45, 7) is 5.44. The molecule has 1 aromatic carbocycles. The van der Waals surface area contributed by atoms with Gasteiger partial charge in [-0.3, -0.25) is 4.79 Å². The highest BCUT2D eigenvalue weighted by Gasteiger charge is 2.23. The highest BCUT2D eigenvalue weighted by Crippen LogP contribution is 2.17. The molecule has 0 atom stereocenters. The van der Waals surface area contributed by atoms with Crippen LogP contribution in [-0.2, 0) is 16.1 Å². The highest BCUT2D eigenvalue weighted by molar-refractivity contribution is 5.93. The summed E-state index contributed by atoms with van der Waals surface area (Å²) >= 11 is 0. The van der Waals surface area contributed by atoms with Crippen LogP contribution in [0.3, 0.4) is 0 Å². The predicted molar refractivity (Wildman–Crippen MR) is 88.4 cm³/mol. The SMILES string of the molecule is CCON=C1CCN(C(=O)Cc2ccc(-c3noc(C)n3)cc2)C1. The summed E-state index contributed by atoms with van der Waals surface area (Å²) in [6.07, 6.45) is 1.15. The van der Waals surface area contributed by atoms with Crippen molar-refractivity contribution in [3.8, 4) is 11.4 Å². The Bertz CT molecular complexity index is 737. The molecule has 0 aliphatic carbocycles. The summed E-state index contributed by atoms with van der Waals surface area (Å²) in [6, 6.07) is 7.64. The quantitative estimate of drug-likeness (QED) is 0.786. The van der Waals surface area contributed by atoms with Gasteiger partial charge in [-0.1, -0.05) is 34.6 Å². The molecule has 7 nitrogen and oxygen atoms in total. The fraction of sp³-hybridized carbons (Fsp3) is 0.412. The number of benzene rings is 1. The van der Waals surface area contributed by atoms with E-state index >= 15 is 0 Å². The zero-order valence-corrected chi connectivity index (χ0v) is 13.9. The first-order valence-electron chi connectivity index (χ1n) is 8.01. The van der Waals surface area contributed by atoms with E-state index in [9.17, 15) is 4.79 Å². The van der Waals surface area contributed by atoms with Gasteiger partial charge >= 0.3 is 0 Å². The van der Waals surface area contributed by atoms with E-state index in [-0.39, 0.29) is 5.91 Å². The lowest BCUT2D eigenvalue weighted by Gasteiger charge is -2.14. The fourth-order valence-electron chi connectivity index (χ4n) is 2.56. The van der Waals surface area contributed by atoms with Gasteiger partial charge in [-0.25, -0.2) is 0 Å². The molecule has 0 spiro atoms. The summed E-state index contributed by atoms with van der Waals surface area (Å²) in [5.41, 5.74) is 2.75. The monoisotopic (exact) mass is 328 g/mol. The molecule has 1 amide bonds. The van der Waals surface area contributed by atoms with Gasteiger partial charge in [0.15, 0.2) is 0 Å². The van der Waals surface area contributed by atoms with Crippen molar-refractivity contribution in [1.82, 2.24) is 15.0 Å². The molecule has 2 aromatic rings. The summed E-state index contributed by atoms with van der Waals surface area (Å²) in [4.78, 5) is 23.4. The van der Waals surface area contributed by atoms with Crippen LogP contribution in [-0.4, -0.2) is 46.4 Å². The van der Waals surface area contributed by atoms with E-state index in [1.807, 2.05) is 36.1 Å². The Hall–Kier alpha value is -2.70. The van der Waals surface area contributed by atoms with Gasteiger partial charge < -0.3 is 14.3 Å². The number of nitrogens with zero attached hydrogens (tertiary/aromatic N) is 4. The summed E-state index contributed by atoms with van der Waals surface area (Å²) in [7, 11) is 0. The molecule has 1 fully saturated rings. The van der Waals surface area contributed by atoms with E-state index < -0.39 is 0 Å². The summed E-state index contributed by atoms with van der Waals surface area (Å²) in [5.74, 6) is 1.18. The third-order valence-electron chi connectivity index (χ3n) is 3.81. The minimum atomic E-state index is 0.0971. The number of rotatable bonds is 5. The lowest BCUT2D eigenvalue weighted by molar-refractivity contribution is -0.129. The number of aryl methyl sites for hydroxylation is 1. The van der Waals surface area contributed by atoms with E-state index in [0.717, 1.165) is 23.3 Å². The molecule has 0 saturated carbocycles. The molecule has 2 heterocycles. The number of hydrogen-bond donors (Lipinski definition) is 0. The predicted octanol–water partition coefficient (Wildman–Crippen LogP) is 2.21. The first kappa shape index (κ1) is 16.2. The summed E-state index contributed by atoms with van der Waals surface area (Å²) < 4.78 is 4.98. The van der Waals surface area contributed by atoms with Crippen molar-refractivity contribution in [1.29, 1.82) is 0 Å². The first-order valence-corrected chi connectivity index (χ1v) is 8.01. The Morgan fingerprint density at radius 3 is 2.83 bits per heavy atom. The van der Waals surface area contributed by atoms with Crippen molar-refractivity contribution in [2.45, 2.75) is 26.7 Å². The van der Waals surface area contributed by atoms with E-state index in [1.165, 1.54) is 0 Å². The van der Waals surface area contributed by atoms with Crippen molar-refractivity contribution >= 4 is 11.6 Å². The summed E-state index contributed by atoms with van der Waals surface area (Å²) in [5, 5.41) is 7.91. The van der Waals surface area contributed by atoms with Gasteiger partial charge in [0, 0.05) is 25.5 Å². The maximum Gasteiger partial charge on any atom is 0.227 e. The average Bonchev–Trinajstić information content (AvgIpc) is 3.23.